The number of carbonyl (C=O) groups excluding carboxylic acids is 2. The Bertz CT molecular complexity index is 799. The predicted octanol–water partition coefficient (Wildman–Crippen LogP) is 2.59. The second-order valence-corrected chi connectivity index (χ2v) is 6.40. The van der Waals surface area contributed by atoms with E-state index in [1.807, 2.05) is 56.3 Å². The molecule has 1 heterocycles. The van der Waals surface area contributed by atoms with Gasteiger partial charge in [-0.05, 0) is 49.2 Å². The number of hydrogen-bond donors (Lipinski definition) is 2. The topological polar surface area (TPSA) is 76.7 Å². The number of amides is 2. The van der Waals surface area contributed by atoms with E-state index in [-0.39, 0.29) is 30.9 Å². The third kappa shape index (κ3) is 4.75. The molecule has 2 amide bonds. The van der Waals surface area contributed by atoms with Gasteiger partial charge in [-0.3, -0.25) is 9.59 Å². The van der Waals surface area contributed by atoms with Crippen LogP contribution in [-0.2, 0) is 9.59 Å². The first-order chi connectivity index (χ1) is 12.5. The van der Waals surface area contributed by atoms with Crippen LogP contribution in [0, 0.1) is 13.8 Å². The lowest BCUT2D eigenvalue weighted by molar-refractivity contribution is -0.127. The number of fused-ring (bicyclic) bond motifs is 1. The van der Waals surface area contributed by atoms with Crippen LogP contribution in [0.1, 0.15) is 17.5 Å². The van der Waals surface area contributed by atoms with Crippen LogP contribution in [0.3, 0.4) is 0 Å². The van der Waals surface area contributed by atoms with E-state index in [0.29, 0.717) is 23.8 Å². The van der Waals surface area contributed by atoms with Crippen LogP contribution in [-0.4, -0.2) is 31.1 Å². The van der Waals surface area contributed by atoms with Gasteiger partial charge in [0.05, 0.1) is 6.54 Å². The number of para-hydroxylation sites is 2. The second kappa shape index (κ2) is 7.91. The van der Waals surface area contributed by atoms with Crippen LogP contribution in [0.5, 0.6) is 11.5 Å². The lowest BCUT2D eigenvalue weighted by Gasteiger charge is -2.26. The highest BCUT2D eigenvalue weighted by Gasteiger charge is 2.21. The normalized spacial score (nSPS) is 15.2. The van der Waals surface area contributed by atoms with Crippen molar-refractivity contribution in [3.63, 3.8) is 0 Å². The highest BCUT2D eigenvalue weighted by atomic mass is 16.6. The van der Waals surface area contributed by atoms with Gasteiger partial charge >= 0.3 is 0 Å². The van der Waals surface area contributed by atoms with E-state index < -0.39 is 0 Å². The van der Waals surface area contributed by atoms with E-state index in [0.717, 1.165) is 11.1 Å². The molecule has 136 valence electrons. The van der Waals surface area contributed by atoms with Crippen LogP contribution >= 0.6 is 0 Å². The fourth-order valence-electron chi connectivity index (χ4n) is 2.85. The first-order valence-corrected chi connectivity index (χ1v) is 8.53. The maximum atomic E-state index is 12.0. The van der Waals surface area contributed by atoms with Crippen molar-refractivity contribution in [2.75, 3.05) is 18.5 Å². The maximum Gasteiger partial charge on any atom is 0.233 e. The molecule has 0 bridgehead atoms. The molecule has 1 aliphatic heterocycles. The number of ether oxygens (including phenoxy) is 2. The number of nitrogens with one attached hydrogen (secondary N) is 2. The lowest BCUT2D eigenvalue weighted by Crippen LogP contribution is -2.41. The minimum absolute atomic E-state index is 0.239. The Balaban J connectivity index is 1.45. The third-order valence-electron chi connectivity index (χ3n) is 3.92. The van der Waals surface area contributed by atoms with Crippen molar-refractivity contribution in [1.82, 2.24) is 5.32 Å². The molecular formula is C20H22N2O4. The molecule has 6 heteroatoms. The number of anilines is 1. The molecular weight excluding hydrogens is 332 g/mol. The van der Waals surface area contributed by atoms with Gasteiger partial charge in [-0.2, -0.15) is 0 Å². The van der Waals surface area contributed by atoms with Gasteiger partial charge in [-0.25, -0.2) is 0 Å². The van der Waals surface area contributed by atoms with Crippen LogP contribution < -0.4 is 20.1 Å². The zero-order valence-corrected chi connectivity index (χ0v) is 14.9. The van der Waals surface area contributed by atoms with E-state index in [1.54, 1.807) is 0 Å². The van der Waals surface area contributed by atoms with E-state index in [9.17, 15) is 9.59 Å². The minimum atomic E-state index is -0.352. The van der Waals surface area contributed by atoms with Crippen LogP contribution in [0.15, 0.2) is 42.5 Å². The van der Waals surface area contributed by atoms with Crippen molar-refractivity contribution in [2.24, 2.45) is 0 Å². The summed E-state index contributed by atoms with van der Waals surface area (Å²) < 4.78 is 11.4. The van der Waals surface area contributed by atoms with Crippen LogP contribution in [0.25, 0.3) is 0 Å². The second-order valence-electron chi connectivity index (χ2n) is 6.40. The molecule has 0 radical (unpaired) electrons. The SMILES string of the molecule is Cc1cc(C)cc(NC(=O)CC(=O)NCC2COc3ccccc3O2)c1. The predicted molar refractivity (Wildman–Crippen MR) is 98.5 cm³/mol. The summed E-state index contributed by atoms with van der Waals surface area (Å²) in [5.74, 6) is 0.654. The summed E-state index contributed by atoms with van der Waals surface area (Å²) in [4.78, 5) is 24.0. The van der Waals surface area contributed by atoms with Gasteiger partial charge in [0.1, 0.15) is 19.1 Å². The molecule has 1 unspecified atom stereocenters. The van der Waals surface area contributed by atoms with Crippen molar-refractivity contribution in [1.29, 1.82) is 0 Å². The third-order valence-corrected chi connectivity index (χ3v) is 3.92. The number of carbonyl (C=O) groups is 2. The Morgan fingerprint density at radius 2 is 1.73 bits per heavy atom. The standard InChI is InChI=1S/C20H22N2O4/c1-13-7-14(2)9-15(8-13)22-20(24)10-19(23)21-11-16-12-25-17-5-3-4-6-18(17)26-16/h3-9,16H,10-12H2,1-2H3,(H,21,23)(H,22,24). The van der Waals surface area contributed by atoms with Crippen molar-refractivity contribution in [3.8, 4) is 11.5 Å². The molecule has 0 fully saturated rings. The molecule has 0 saturated heterocycles. The molecule has 2 aromatic rings. The van der Waals surface area contributed by atoms with Crippen molar-refractivity contribution in [2.45, 2.75) is 26.4 Å². The van der Waals surface area contributed by atoms with Gasteiger partial charge in [0, 0.05) is 5.69 Å². The van der Waals surface area contributed by atoms with E-state index >= 15 is 0 Å². The Morgan fingerprint density at radius 1 is 1.04 bits per heavy atom. The highest BCUT2D eigenvalue weighted by Crippen LogP contribution is 2.30. The van der Waals surface area contributed by atoms with Gasteiger partial charge in [-0.1, -0.05) is 18.2 Å². The quantitative estimate of drug-likeness (QED) is 0.809. The molecule has 3 rings (SSSR count). The first kappa shape index (κ1) is 17.8. The molecule has 0 spiro atoms. The van der Waals surface area contributed by atoms with Crippen molar-refractivity contribution in [3.05, 3.63) is 53.6 Å². The largest absolute Gasteiger partial charge is 0.486 e. The first-order valence-electron chi connectivity index (χ1n) is 8.53. The maximum absolute atomic E-state index is 12.0. The molecule has 0 aliphatic carbocycles. The smallest absolute Gasteiger partial charge is 0.233 e. The fraction of sp³-hybridized carbons (Fsp3) is 0.300. The van der Waals surface area contributed by atoms with Gasteiger partial charge < -0.3 is 20.1 Å². The van der Waals surface area contributed by atoms with Gasteiger partial charge in [0.25, 0.3) is 0 Å². The average molecular weight is 354 g/mol. The lowest BCUT2D eigenvalue weighted by atomic mass is 10.1. The molecule has 1 aliphatic rings. The molecule has 6 nitrogen and oxygen atoms in total. The van der Waals surface area contributed by atoms with Gasteiger partial charge in [-0.15, -0.1) is 0 Å². The summed E-state index contributed by atoms with van der Waals surface area (Å²) in [5.41, 5.74) is 2.81. The number of benzene rings is 2. The zero-order valence-electron chi connectivity index (χ0n) is 14.9. The minimum Gasteiger partial charge on any atom is -0.486 e. The van der Waals surface area contributed by atoms with Crippen molar-refractivity contribution >= 4 is 17.5 Å². The molecule has 26 heavy (non-hydrogen) atoms. The summed E-state index contributed by atoms with van der Waals surface area (Å²) >= 11 is 0. The molecule has 0 saturated carbocycles. The van der Waals surface area contributed by atoms with E-state index in [2.05, 4.69) is 10.6 Å². The Labute approximate surface area is 152 Å². The van der Waals surface area contributed by atoms with Gasteiger partial charge in [0.15, 0.2) is 11.5 Å². The number of aryl methyl sites for hydroxylation is 2. The van der Waals surface area contributed by atoms with E-state index in [4.69, 9.17) is 9.47 Å². The Hall–Kier alpha value is -3.02. The van der Waals surface area contributed by atoms with Crippen molar-refractivity contribution < 1.29 is 19.1 Å². The number of rotatable bonds is 5. The summed E-state index contributed by atoms with van der Waals surface area (Å²) in [6.45, 7) is 4.55. The van der Waals surface area contributed by atoms with Gasteiger partial charge in [0.2, 0.25) is 11.8 Å². The summed E-state index contributed by atoms with van der Waals surface area (Å²) in [7, 11) is 0. The molecule has 2 N–H and O–H groups in total. The molecule has 1 atom stereocenters. The average Bonchev–Trinajstić information content (AvgIpc) is 2.58. The summed E-state index contributed by atoms with van der Waals surface area (Å²) in [6, 6.07) is 13.1. The summed E-state index contributed by atoms with van der Waals surface area (Å²) in [6.07, 6.45) is -0.520. The molecule has 0 aromatic heterocycles. The van der Waals surface area contributed by atoms with Crippen LogP contribution in [0.4, 0.5) is 5.69 Å². The fourth-order valence-corrected chi connectivity index (χ4v) is 2.85. The number of hydrogen-bond acceptors (Lipinski definition) is 4. The Kier molecular flexibility index (Phi) is 5.41. The summed E-state index contributed by atoms with van der Waals surface area (Å²) in [5, 5.41) is 5.47. The zero-order chi connectivity index (χ0) is 18.5. The highest BCUT2D eigenvalue weighted by molar-refractivity contribution is 6.03. The van der Waals surface area contributed by atoms with E-state index in [1.165, 1.54) is 0 Å². The Morgan fingerprint density at radius 3 is 2.46 bits per heavy atom. The monoisotopic (exact) mass is 354 g/mol. The molecule has 2 aromatic carbocycles. The van der Waals surface area contributed by atoms with Crippen LogP contribution in [0.2, 0.25) is 0 Å².